The van der Waals surface area contributed by atoms with Crippen molar-refractivity contribution in [1.29, 1.82) is 0 Å². The van der Waals surface area contributed by atoms with Gasteiger partial charge >= 0.3 is 5.97 Å². The van der Waals surface area contributed by atoms with E-state index in [1.807, 2.05) is 12.1 Å². The van der Waals surface area contributed by atoms with Crippen LogP contribution in [-0.4, -0.2) is 50.9 Å². The molecule has 110 valence electrons. The number of carboxylic acids is 1. The highest BCUT2D eigenvalue weighted by molar-refractivity contribution is 5.86. The third-order valence-corrected chi connectivity index (χ3v) is 3.53. The van der Waals surface area contributed by atoms with Crippen molar-refractivity contribution in [2.45, 2.75) is 12.6 Å². The van der Waals surface area contributed by atoms with Crippen molar-refractivity contribution in [3.05, 3.63) is 47.5 Å². The average molecular weight is 288 g/mol. The third-order valence-electron chi connectivity index (χ3n) is 3.53. The largest absolute Gasteiger partial charge is 0.477 e. The molecule has 0 saturated carbocycles. The van der Waals surface area contributed by atoms with Gasteiger partial charge in [0.2, 0.25) is 0 Å². The number of hydrogen-bond donors (Lipinski definition) is 2. The van der Waals surface area contributed by atoms with E-state index in [1.165, 1.54) is 0 Å². The van der Waals surface area contributed by atoms with Crippen molar-refractivity contribution in [2.75, 3.05) is 19.7 Å². The van der Waals surface area contributed by atoms with Gasteiger partial charge in [0.25, 0.3) is 0 Å². The van der Waals surface area contributed by atoms with Crippen LogP contribution in [0.4, 0.5) is 0 Å². The smallest absolute Gasteiger partial charge is 0.354 e. The summed E-state index contributed by atoms with van der Waals surface area (Å²) in [6, 6.07) is 3.87. The van der Waals surface area contributed by atoms with Gasteiger partial charge < -0.3 is 9.84 Å². The maximum absolute atomic E-state index is 11.1. The predicted molar refractivity (Wildman–Crippen MR) is 73.8 cm³/mol. The standard InChI is InChI=1S/C14H16N4O3/c19-14(20)13-11(7-16-17-13)8-18-4-5-21-12(9-18)10-2-1-3-15-6-10/h1-3,6-7,12H,4-5,8-9H2,(H,16,17)(H,19,20)/t12-/m1/s1. The minimum absolute atomic E-state index is 0.0346. The van der Waals surface area contributed by atoms with Gasteiger partial charge in [-0.15, -0.1) is 0 Å². The molecule has 2 aromatic rings. The molecule has 1 aliphatic rings. The van der Waals surface area contributed by atoms with Gasteiger partial charge in [0.15, 0.2) is 0 Å². The number of aromatic amines is 1. The topological polar surface area (TPSA) is 91.3 Å². The second kappa shape index (κ2) is 6.02. The van der Waals surface area contributed by atoms with E-state index in [4.69, 9.17) is 9.84 Å². The van der Waals surface area contributed by atoms with Crippen LogP contribution in [0.25, 0.3) is 0 Å². The SMILES string of the molecule is O=C(O)c1[nH]ncc1CN1CCO[C@@H](c2cccnc2)C1. The zero-order valence-corrected chi connectivity index (χ0v) is 11.4. The first kappa shape index (κ1) is 13.7. The molecule has 1 fully saturated rings. The lowest BCUT2D eigenvalue weighted by Gasteiger charge is -2.32. The van der Waals surface area contributed by atoms with Gasteiger partial charge in [-0.2, -0.15) is 5.10 Å². The zero-order chi connectivity index (χ0) is 14.7. The molecule has 3 rings (SSSR count). The van der Waals surface area contributed by atoms with E-state index in [9.17, 15) is 4.79 Å². The molecule has 0 aliphatic carbocycles. The molecule has 0 radical (unpaired) electrons. The van der Waals surface area contributed by atoms with E-state index < -0.39 is 5.97 Å². The van der Waals surface area contributed by atoms with Crippen molar-refractivity contribution >= 4 is 5.97 Å². The Balaban J connectivity index is 1.69. The molecule has 0 amide bonds. The highest BCUT2D eigenvalue weighted by Gasteiger charge is 2.24. The first-order valence-corrected chi connectivity index (χ1v) is 6.73. The Morgan fingerprint density at radius 2 is 2.43 bits per heavy atom. The van der Waals surface area contributed by atoms with E-state index in [2.05, 4.69) is 20.1 Å². The molecule has 0 spiro atoms. The fourth-order valence-electron chi connectivity index (χ4n) is 2.47. The van der Waals surface area contributed by atoms with Crippen LogP contribution in [0.5, 0.6) is 0 Å². The Kier molecular flexibility index (Phi) is 3.94. The summed E-state index contributed by atoms with van der Waals surface area (Å²) in [6.45, 7) is 2.62. The van der Waals surface area contributed by atoms with Crippen molar-refractivity contribution in [3.63, 3.8) is 0 Å². The molecular weight excluding hydrogens is 272 g/mol. The van der Waals surface area contributed by atoms with E-state index in [-0.39, 0.29) is 11.8 Å². The molecule has 0 unspecified atom stereocenters. The molecule has 0 bridgehead atoms. The molecule has 3 heterocycles. The average Bonchev–Trinajstić information content (AvgIpc) is 2.97. The number of morpholine rings is 1. The van der Waals surface area contributed by atoms with Gasteiger partial charge in [-0.25, -0.2) is 4.79 Å². The van der Waals surface area contributed by atoms with Crippen molar-refractivity contribution in [3.8, 4) is 0 Å². The minimum Gasteiger partial charge on any atom is -0.477 e. The molecule has 1 aliphatic heterocycles. The molecule has 7 nitrogen and oxygen atoms in total. The summed E-state index contributed by atoms with van der Waals surface area (Å²) in [4.78, 5) is 17.4. The summed E-state index contributed by atoms with van der Waals surface area (Å²) in [5.74, 6) is -0.987. The highest BCUT2D eigenvalue weighted by atomic mass is 16.5. The monoisotopic (exact) mass is 288 g/mol. The molecule has 1 atom stereocenters. The summed E-state index contributed by atoms with van der Waals surface area (Å²) in [6.07, 6.45) is 5.06. The van der Waals surface area contributed by atoms with Gasteiger partial charge in [-0.3, -0.25) is 15.0 Å². The Morgan fingerprint density at radius 1 is 1.52 bits per heavy atom. The van der Waals surface area contributed by atoms with Crippen LogP contribution in [0.1, 0.15) is 27.7 Å². The number of nitrogens with zero attached hydrogens (tertiary/aromatic N) is 3. The minimum atomic E-state index is -0.987. The van der Waals surface area contributed by atoms with Crippen molar-refractivity contribution < 1.29 is 14.6 Å². The van der Waals surface area contributed by atoms with Crippen LogP contribution < -0.4 is 0 Å². The van der Waals surface area contributed by atoms with Crippen LogP contribution in [-0.2, 0) is 11.3 Å². The number of nitrogens with one attached hydrogen (secondary N) is 1. The summed E-state index contributed by atoms with van der Waals surface area (Å²) < 4.78 is 5.77. The first-order chi connectivity index (χ1) is 10.2. The molecule has 0 aromatic carbocycles. The van der Waals surface area contributed by atoms with E-state index >= 15 is 0 Å². The maximum atomic E-state index is 11.1. The summed E-state index contributed by atoms with van der Waals surface area (Å²) in [5.41, 5.74) is 1.88. The number of carbonyl (C=O) groups is 1. The van der Waals surface area contributed by atoms with E-state index in [0.29, 0.717) is 25.3 Å². The molecule has 2 N–H and O–H groups in total. The molecule has 7 heteroatoms. The predicted octanol–water partition coefficient (Wildman–Crippen LogP) is 1.08. The highest BCUT2D eigenvalue weighted by Crippen LogP contribution is 2.22. The van der Waals surface area contributed by atoms with Gasteiger partial charge in [0.1, 0.15) is 5.69 Å². The van der Waals surface area contributed by atoms with Crippen LogP contribution in [0.2, 0.25) is 0 Å². The van der Waals surface area contributed by atoms with Crippen LogP contribution >= 0.6 is 0 Å². The third kappa shape index (κ3) is 3.09. The molecule has 2 aromatic heterocycles. The quantitative estimate of drug-likeness (QED) is 0.874. The van der Waals surface area contributed by atoms with E-state index in [1.54, 1.807) is 18.6 Å². The maximum Gasteiger partial charge on any atom is 0.354 e. The van der Waals surface area contributed by atoms with Crippen LogP contribution in [0, 0.1) is 0 Å². The number of pyridine rings is 1. The van der Waals surface area contributed by atoms with Crippen LogP contribution in [0.3, 0.4) is 0 Å². The Hall–Kier alpha value is -2.25. The van der Waals surface area contributed by atoms with Gasteiger partial charge in [-0.05, 0) is 6.07 Å². The number of hydrogen-bond acceptors (Lipinski definition) is 5. The lowest BCUT2D eigenvalue weighted by Crippen LogP contribution is -2.38. The fourth-order valence-corrected chi connectivity index (χ4v) is 2.47. The summed E-state index contributed by atoms with van der Waals surface area (Å²) in [5, 5.41) is 15.4. The first-order valence-electron chi connectivity index (χ1n) is 6.73. The van der Waals surface area contributed by atoms with E-state index in [0.717, 1.165) is 12.1 Å². The van der Waals surface area contributed by atoms with Crippen molar-refractivity contribution in [1.82, 2.24) is 20.1 Å². The summed E-state index contributed by atoms with van der Waals surface area (Å²) >= 11 is 0. The number of aromatic nitrogens is 3. The van der Waals surface area contributed by atoms with Gasteiger partial charge in [0.05, 0.1) is 18.9 Å². The second-order valence-corrected chi connectivity index (χ2v) is 4.96. The van der Waals surface area contributed by atoms with Crippen molar-refractivity contribution in [2.24, 2.45) is 0 Å². The number of H-pyrrole nitrogens is 1. The second-order valence-electron chi connectivity index (χ2n) is 4.96. The molecule has 1 saturated heterocycles. The molecular formula is C14H16N4O3. The Bertz CT molecular complexity index is 614. The normalized spacial score (nSPS) is 19.5. The van der Waals surface area contributed by atoms with Crippen LogP contribution in [0.15, 0.2) is 30.7 Å². The zero-order valence-electron chi connectivity index (χ0n) is 11.4. The number of aromatic carboxylic acids is 1. The lowest BCUT2D eigenvalue weighted by atomic mass is 10.1. The molecule has 21 heavy (non-hydrogen) atoms. The number of ether oxygens (including phenoxy) is 1. The Labute approximate surface area is 121 Å². The number of rotatable bonds is 4. The fraction of sp³-hybridized carbons (Fsp3) is 0.357. The number of carboxylic acid groups (broad SMARTS) is 1. The van der Waals surface area contributed by atoms with Gasteiger partial charge in [0, 0.05) is 43.2 Å². The summed E-state index contributed by atoms with van der Waals surface area (Å²) in [7, 11) is 0. The lowest BCUT2D eigenvalue weighted by molar-refractivity contribution is -0.0331. The Morgan fingerprint density at radius 3 is 3.19 bits per heavy atom. The van der Waals surface area contributed by atoms with Gasteiger partial charge in [-0.1, -0.05) is 6.07 Å².